The summed E-state index contributed by atoms with van der Waals surface area (Å²) in [5.41, 5.74) is -0.468. The second kappa shape index (κ2) is 5.74. The van der Waals surface area contributed by atoms with Crippen LogP contribution in [0, 0.1) is 5.92 Å². The number of nitrogens with one attached hydrogen (secondary N) is 1. The number of sulfonamides is 1. The highest BCUT2D eigenvalue weighted by atomic mass is 35.5. The molecule has 2 aliphatic rings. The molecule has 2 fully saturated rings. The van der Waals surface area contributed by atoms with Crippen LogP contribution in [0.4, 0.5) is 0 Å². The van der Waals surface area contributed by atoms with E-state index in [1.807, 2.05) is 0 Å². The molecule has 1 aromatic rings. The van der Waals surface area contributed by atoms with Gasteiger partial charge in [-0.3, -0.25) is 4.79 Å². The molecule has 1 aliphatic carbocycles. The number of pyridine rings is 1. The van der Waals surface area contributed by atoms with Crippen molar-refractivity contribution < 1.29 is 8.42 Å². The molecule has 21 heavy (non-hydrogen) atoms. The Bertz CT molecular complexity index is 684. The molecule has 116 valence electrons. The fourth-order valence-corrected chi connectivity index (χ4v) is 5.59. The Kier molecular flexibility index (Phi) is 4.12. The highest BCUT2D eigenvalue weighted by molar-refractivity contribution is 7.89. The topological polar surface area (TPSA) is 70.2 Å². The number of fused-ring (bicyclic) bond motifs is 1. The van der Waals surface area contributed by atoms with E-state index in [0.29, 0.717) is 12.5 Å². The lowest BCUT2D eigenvalue weighted by molar-refractivity contribution is 0.129. The van der Waals surface area contributed by atoms with E-state index in [-0.39, 0.29) is 16.0 Å². The van der Waals surface area contributed by atoms with E-state index in [0.717, 1.165) is 32.1 Å². The summed E-state index contributed by atoms with van der Waals surface area (Å²) in [6, 6.07) is 1.35. The van der Waals surface area contributed by atoms with Crippen molar-refractivity contribution in [3.8, 4) is 0 Å². The summed E-state index contributed by atoms with van der Waals surface area (Å²) in [5, 5.41) is -0.0896. The van der Waals surface area contributed by atoms with Gasteiger partial charge in [-0.25, -0.2) is 8.42 Å². The SMILES string of the molecule is O=c1[nH]cc(S(=O)(=O)N2CCCC3CCCCC32)cc1Cl. The van der Waals surface area contributed by atoms with Crippen LogP contribution in [0.15, 0.2) is 22.0 Å². The average molecular weight is 331 g/mol. The maximum absolute atomic E-state index is 12.9. The van der Waals surface area contributed by atoms with Crippen LogP contribution in [-0.4, -0.2) is 30.3 Å². The van der Waals surface area contributed by atoms with Crippen LogP contribution in [0.5, 0.6) is 0 Å². The first-order valence-electron chi connectivity index (χ1n) is 7.40. The van der Waals surface area contributed by atoms with Gasteiger partial charge in [-0.2, -0.15) is 4.31 Å². The van der Waals surface area contributed by atoms with Crippen LogP contribution in [-0.2, 0) is 10.0 Å². The van der Waals surface area contributed by atoms with Crippen LogP contribution >= 0.6 is 11.6 Å². The minimum Gasteiger partial charge on any atom is -0.326 e. The molecule has 1 aromatic heterocycles. The van der Waals surface area contributed by atoms with Crippen LogP contribution < -0.4 is 5.56 Å². The van der Waals surface area contributed by atoms with Crippen molar-refractivity contribution in [1.82, 2.24) is 9.29 Å². The highest BCUT2D eigenvalue weighted by Crippen LogP contribution is 2.37. The number of nitrogens with zero attached hydrogens (tertiary/aromatic N) is 1. The molecule has 5 nitrogen and oxygen atoms in total. The number of H-pyrrole nitrogens is 1. The third kappa shape index (κ3) is 2.76. The summed E-state index contributed by atoms with van der Waals surface area (Å²) < 4.78 is 27.3. The second-order valence-electron chi connectivity index (χ2n) is 5.88. The molecule has 0 radical (unpaired) electrons. The molecule has 2 heterocycles. The highest BCUT2D eigenvalue weighted by Gasteiger charge is 2.40. The summed E-state index contributed by atoms with van der Waals surface area (Å²) in [7, 11) is -3.59. The lowest BCUT2D eigenvalue weighted by atomic mass is 9.79. The molecule has 0 spiro atoms. The molecule has 1 N–H and O–H groups in total. The van der Waals surface area contributed by atoms with Gasteiger partial charge in [-0.15, -0.1) is 0 Å². The zero-order valence-electron chi connectivity index (χ0n) is 11.7. The largest absolute Gasteiger partial charge is 0.326 e. The van der Waals surface area contributed by atoms with Crippen LogP contribution in [0.2, 0.25) is 5.02 Å². The lowest BCUT2D eigenvalue weighted by Crippen LogP contribution is -2.49. The van der Waals surface area contributed by atoms with E-state index in [9.17, 15) is 13.2 Å². The van der Waals surface area contributed by atoms with Gasteiger partial charge in [0.15, 0.2) is 0 Å². The van der Waals surface area contributed by atoms with E-state index in [1.54, 1.807) is 4.31 Å². The van der Waals surface area contributed by atoms with Gasteiger partial charge >= 0.3 is 0 Å². The van der Waals surface area contributed by atoms with E-state index in [2.05, 4.69) is 4.98 Å². The molecule has 0 aromatic carbocycles. The number of piperidine rings is 1. The first-order valence-corrected chi connectivity index (χ1v) is 9.22. The van der Waals surface area contributed by atoms with Crippen LogP contribution in [0.3, 0.4) is 0 Å². The molecule has 2 unspecified atom stereocenters. The van der Waals surface area contributed by atoms with Gasteiger partial charge in [0.2, 0.25) is 10.0 Å². The number of rotatable bonds is 2. The monoisotopic (exact) mass is 330 g/mol. The first-order chi connectivity index (χ1) is 10.00. The van der Waals surface area contributed by atoms with Crippen molar-refractivity contribution in [2.75, 3.05) is 6.54 Å². The fourth-order valence-electron chi connectivity index (χ4n) is 3.60. The maximum Gasteiger partial charge on any atom is 0.266 e. The van der Waals surface area contributed by atoms with E-state index < -0.39 is 15.6 Å². The van der Waals surface area contributed by atoms with Gasteiger partial charge in [0.1, 0.15) is 5.02 Å². The Hall–Kier alpha value is -0.850. The smallest absolute Gasteiger partial charge is 0.266 e. The average Bonchev–Trinajstić information content (AvgIpc) is 2.49. The van der Waals surface area contributed by atoms with Gasteiger partial charge in [0.05, 0.1) is 4.90 Å². The fraction of sp³-hybridized carbons (Fsp3) is 0.643. The Morgan fingerprint density at radius 1 is 1.19 bits per heavy atom. The van der Waals surface area contributed by atoms with E-state index >= 15 is 0 Å². The van der Waals surface area contributed by atoms with Gasteiger partial charge in [0, 0.05) is 18.8 Å². The Morgan fingerprint density at radius 3 is 2.67 bits per heavy atom. The Morgan fingerprint density at radius 2 is 1.90 bits per heavy atom. The Balaban J connectivity index is 1.96. The quantitative estimate of drug-likeness (QED) is 0.905. The number of aromatic nitrogens is 1. The van der Waals surface area contributed by atoms with Crippen molar-refractivity contribution in [1.29, 1.82) is 0 Å². The molecule has 3 rings (SSSR count). The summed E-state index contributed by atoms with van der Waals surface area (Å²) in [4.78, 5) is 13.8. The van der Waals surface area contributed by atoms with Crippen molar-refractivity contribution >= 4 is 21.6 Å². The van der Waals surface area contributed by atoms with E-state index in [1.165, 1.54) is 18.7 Å². The zero-order valence-corrected chi connectivity index (χ0v) is 13.3. The molecule has 0 amide bonds. The van der Waals surface area contributed by atoms with Gasteiger partial charge in [0.25, 0.3) is 5.56 Å². The molecule has 1 saturated carbocycles. The normalized spacial score (nSPS) is 27.3. The summed E-state index contributed by atoms with van der Waals surface area (Å²) in [6.07, 6.45) is 7.58. The number of hydrogen-bond acceptors (Lipinski definition) is 3. The van der Waals surface area contributed by atoms with Gasteiger partial charge in [-0.05, 0) is 37.7 Å². The van der Waals surface area contributed by atoms with Crippen molar-refractivity contribution in [3.63, 3.8) is 0 Å². The predicted octanol–water partition coefficient (Wildman–Crippen LogP) is 2.37. The van der Waals surface area contributed by atoms with Gasteiger partial charge in [-0.1, -0.05) is 24.4 Å². The van der Waals surface area contributed by atoms with Crippen molar-refractivity contribution in [2.24, 2.45) is 5.92 Å². The standard InChI is InChI=1S/C14H19ClN2O3S/c15-12-8-11(9-16-14(12)18)21(19,20)17-7-3-5-10-4-1-2-6-13(10)17/h8-10,13H,1-7H2,(H,16,18). The lowest BCUT2D eigenvalue weighted by Gasteiger charge is -2.43. The summed E-state index contributed by atoms with van der Waals surface area (Å²) in [5.74, 6) is 0.473. The van der Waals surface area contributed by atoms with Gasteiger partial charge < -0.3 is 4.98 Å². The third-order valence-electron chi connectivity index (χ3n) is 4.63. The number of aromatic amines is 1. The predicted molar refractivity (Wildman–Crippen MR) is 80.9 cm³/mol. The van der Waals surface area contributed by atoms with Crippen LogP contribution in [0.25, 0.3) is 0 Å². The minimum atomic E-state index is -3.59. The van der Waals surface area contributed by atoms with E-state index in [4.69, 9.17) is 11.6 Å². The van der Waals surface area contributed by atoms with Crippen molar-refractivity contribution in [2.45, 2.75) is 49.5 Å². The number of halogens is 1. The molecule has 2 atom stereocenters. The zero-order chi connectivity index (χ0) is 15.0. The minimum absolute atomic E-state index is 0.0818. The third-order valence-corrected chi connectivity index (χ3v) is 6.81. The molecule has 0 bridgehead atoms. The molecule has 1 aliphatic heterocycles. The molecular formula is C14H19ClN2O3S. The molecule has 1 saturated heterocycles. The summed E-state index contributed by atoms with van der Waals surface area (Å²) in [6.45, 7) is 0.556. The Labute approximate surface area is 129 Å². The number of hydrogen-bond donors (Lipinski definition) is 1. The van der Waals surface area contributed by atoms with Crippen LogP contribution in [0.1, 0.15) is 38.5 Å². The second-order valence-corrected chi connectivity index (χ2v) is 8.18. The summed E-state index contributed by atoms with van der Waals surface area (Å²) >= 11 is 5.77. The van der Waals surface area contributed by atoms with Crippen molar-refractivity contribution in [3.05, 3.63) is 27.6 Å². The molecule has 7 heteroatoms. The first kappa shape index (κ1) is 15.1. The molecular weight excluding hydrogens is 312 g/mol. The maximum atomic E-state index is 12.9.